The first-order chi connectivity index (χ1) is 14.5. The Morgan fingerprint density at radius 3 is 1.35 bits per heavy atom. The van der Waals surface area contributed by atoms with Gasteiger partial charge in [0.25, 0.3) is 0 Å². The SMILES string of the molecule is CCCCCCc1cccc(C(=O)[O-])c1.CCCCCCc1cccc(C(=O)[O-])c1.[Pb+2]. The first kappa shape index (κ1) is 29.3. The van der Waals surface area contributed by atoms with E-state index in [1.54, 1.807) is 36.4 Å². The van der Waals surface area contributed by atoms with Crippen LogP contribution in [0.25, 0.3) is 0 Å². The molecule has 0 spiro atoms. The summed E-state index contributed by atoms with van der Waals surface area (Å²) in [6.45, 7) is 4.35. The summed E-state index contributed by atoms with van der Waals surface area (Å²) < 4.78 is 0. The molecule has 0 aliphatic heterocycles. The number of carboxylic acid groups (broad SMARTS) is 2. The van der Waals surface area contributed by atoms with Crippen molar-refractivity contribution in [1.29, 1.82) is 0 Å². The van der Waals surface area contributed by atoms with Crippen LogP contribution in [0.4, 0.5) is 0 Å². The molecule has 0 aromatic heterocycles. The van der Waals surface area contributed by atoms with Crippen molar-refractivity contribution in [3.05, 3.63) is 70.8 Å². The second kappa shape index (κ2) is 17.9. The Labute approximate surface area is 207 Å². The van der Waals surface area contributed by atoms with Gasteiger partial charge in [-0.3, -0.25) is 0 Å². The number of carbonyl (C=O) groups excluding carboxylic acids is 2. The van der Waals surface area contributed by atoms with Crippen LogP contribution in [-0.4, -0.2) is 39.2 Å². The molecule has 2 aromatic rings. The van der Waals surface area contributed by atoms with Gasteiger partial charge in [0.15, 0.2) is 0 Å². The molecule has 0 atom stereocenters. The van der Waals surface area contributed by atoms with Gasteiger partial charge in [-0.15, -0.1) is 0 Å². The van der Waals surface area contributed by atoms with Crippen LogP contribution in [0.3, 0.4) is 0 Å². The molecule has 2 rings (SSSR count). The molecule has 0 bridgehead atoms. The van der Waals surface area contributed by atoms with Gasteiger partial charge in [-0.2, -0.15) is 0 Å². The van der Waals surface area contributed by atoms with Crippen molar-refractivity contribution in [2.45, 2.75) is 78.1 Å². The van der Waals surface area contributed by atoms with Gasteiger partial charge in [-0.25, -0.2) is 0 Å². The van der Waals surface area contributed by atoms with Crippen molar-refractivity contribution in [2.75, 3.05) is 0 Å². The van der Waals surface area contributed by atoms with E-state index in [0.29, 0.717) is 0 Å². The summed E-state index contributed by atoms with van der Waals surface area (Å²) in [5.41, 5.74) is 2.74. The summed E-state index contributed by atoms with van der Waals surface area (Å²) in [5.74, 6) is -2.18. The molecular weight excluding hydrogens is 583 g/mol. The molecule has 0 aliphatic carbocycles. The summed E-state index contributed by atoms with van der Waals surface area (Å²) in [6.07, 6.45) is 11.5. The third-order valence-corrected chi connectivity index (χ3v) is 4.96. The van der Waals surface area contributed by atoms with E-state index < -0.39 is 11.9 Å². The Morgan fingerprint density at radius 1 is 0.645 bits per heavy atom. The normalized spacial score (nSPS) is 9.87. The fourth-order valence-corrected chi connectivity index (χ4v) is 3.22. The molecular formula is C26H34O4Pb. The van der Waals surface area contributed by atoms with Crippen LogP contribution in [0.15, 0.2) is 48.5 Å². The molecule has 2 radical (unpaired) electrons. The molecule has 31 heavy (non-hydrogen) atoms. The zero-order valence-electron chi connectivity index (χ0n) is 18.8. The number of unbranched alkanes of at least 4 members (excludes halogenated alkanes) is 6. The van der Waals surface area contributed by atoms with Gasteiger partial charge in [-0.05, 0) is 60.1 Å². The molecule has 0 heterocycles. The quantitative estimate of drug-likeness (QED) is 0.267. The first-order valence-corrected chi connectivity index (χ1v) is 11.1. The predicted molar refractivity (Wildman–Crippen MR) is 123 cm³/mol. The Kier molecular flexibility index (Phi) is 16.9. The minimum absolute atomic E-state index is 0. The van der Waals surface area contributed by atoms with Gasteiger partial charge in [0, 0.05) is 0 Å². The maximum absolute atomic E-state index is 10.6. The molecule has 0 saturated carbocycles. The van der Waals surface area contributed by atoms with Gasteiger partial charge in [0.05, 0.1) is 11.9 Å². The summed E-state index contributed by atoms with van der Waals surface area (Å²) in [5, 5.41) is 21.2. The summed E-state index contributed by atoms with van der Waals surface area (Å²) in [7, 11) is 0. The van der Waals surface area contributed by atoms with E-state index in [-0.39, 0.29) is 38.4 Å². The van der Waals surface area contributed by atoms with Crippen molar-refractivity contribution in [2.24, 2.45) is 0 Å². The maximum Gasteiger partial charge on any atom is 2.00 e. The fraction of sp³-hybridized carbons (Fsp3) is 0.462. The number of carboxylic acids is 2. The monoisotopic (exact) mass is 618 g/mol. The number of rotatable bonds is 12. The topological polar surface area (TPSA) is 80.3 Å². The third-order valence-electron chi connectivity index (χ3n) is 4.96. The number of aryl methyl sites for hydroxylation is 2. The summed E-state index contributed by atoms with van der Waals surface area (Å²) in [6, 6.07) is 14.1. The Balaban J connectivity index is 0.000000562. The zero-order valence-corrected chi connectivity index (χ0v) is 22.7. The maximum atomic E-state index is 10.6. The Bertz CT molecular complexity index is 708. The van der Waals surface area contributed by atoms with Crippen LogP contribution in [-0.2, 0) is 12.8 Å². The molecule has 0 fully saturated rings. The van der Waals surface area contributed by atoms with Crippen LogP contribution >= 0.6 is 0 Å². The van der Waals surface area contributed by atoms with Gasteiger partial charge >= 0.3 is 27.3 Å². The Hall–Kier alpha value is -1.70. The molecule has 0 amide bonds. The van der Waals surface area contributed by atoms with Crippen LogP contribution < -0.4 is 10.2 Å². The number of benzene rings is 2. The van der Waals surface area contributed by atoms with E-state index in [1.165, 1.54) is 38.5 Å². The van der Waals surface area contributed by atoms with Crippen LogP contribution in [0.5, 0.6) is 0 Å². The predicted octanol–water partition coefficient (Wildman–Crippen LogP) is 3.97. The second-order valence-corrected chi connectivity index (χ2v) is 7.60. The van der Waals surface area contributed by atoms with Crippen molar-refractivity contribution in [1.82, 2.24) is 0 Å². The van der Waals surface area contributed by atoms with E-state index in [0.717, 1.165) is 36.8 Å². The van der Waals surface area contributed by atoms with Crippen LogP contribution in [0, 0.1) is 0 Å². The number of hydrogen-bond donors (Lipinski definition) is 0. The van der Waals surface area contributed by atoms with E-state index >= 15 is 0 Å². The van der Waals surface area contributed by atoms with Gasteiger partial charge in [-0.1, -0.05) is 88.8 Å². The molecule has 2 aromatic carbocycles. The van der Waals surface area contributed by atoms with Crippen molar-refractivity contribution in [3.63, 3.8) is 0 Å². The molecule has 166 valence electrons. The molecule has 0 N–H and O–H groups in total. The van der Waals surface area contributed by atoms with Crippen molar-refractivity contribution >= 4 is 39.2 Å². The summed E-state index contributed by atoms with van der Waals surface area (Å²) in [4.78, 5) is 21.2. The van der Waals surface area contributed by atoms with E-state index in [4.69, 9.17) is 0 Å². The minimum atomic E-state index is -1.09. The Morgan fingerprint density at radius 2 is 1.03 bits per heavy atom. The molecule has 0 saturated heterocycles. The third kappa shape index (κ3) is 13.3. The smallest absolute Gasteiger partial charge is 0.545 e. The fourth-order valence-electron chi connectivity index (χ4n) is 3.22. The van der Waals surface area contributed by atoms with E-state index in [9.17, 15) is 19.8 Å². The standard InChI is InChI=1S/2C13H18O2.Pb/c2*1-2-3-4-5-7-11-8-6-9-12(10-11)13(14)15;/h2*6,8-10H,2-5,7H2,1H3,(H,14,15);/q;;+2/p-2. The van der Waals surface area contributed by atoms with Gasteiger partial charge < -0.3 is 19.8 Å². The molecule has 4 nitrogen and oxygen atoms in total. The van der Waals surface area contributed by atoms with Gasteiger partial charge in [0.1, 0.15) is 0 Å². The minimum Gasteiger partial charge on any atom is -0.545 e. The molecule has 5 heteroatoms. The van der Waals surface area contributed by atoms with Gasteiger partial charge in [0.2, 0.25) is 0 Å². The van der Waals surface area contributed by atoms with Crippen LogP contribution in [0.2, 0.25) is 0 Å². The summed E-state index contributed by atoms with van der Waals surface area (Å²) >= 11 is 0. The first-order valence-electron chi connectivity index (χ1n) is 11.1. The zero-order chi connectivity index (χ0) is 22.2. The largest absolute Gasteiger partial charge is 2.00 e. The van der Waals surface area contributed by atoms with Crippen LogP contribution in [0.1, 0.15) is 97.1 Å². The average Bonchev–Trinajstić information content (AvgIpc) is 2.75. The average molecular weight is 618 g/mol. The number of hydrogen-bond acceptors (Lipinski definition) is 4. The van der Waals surface area contributed by atoms with Crippen molar-refractivity contribution in [3.8, 4) is 0 Å². The van der Waals surface area contributed by atoms with Crippen molar-refractivity contribution < 1.29 is 19.8 Å². The van der Waals surface area contributed by atoms with E-state index in [1.807, 2.05) is 12.1 Å². The number of aromatic carboxylic acids is 2. The molecule has 0 unspecified atom stereocenters. The number of carbonyl (C=O) groups is 2. The molecule has 0 aliphatic rings. The second-order valence-electron chi connectivity index (χ2n) is 7.60. The van der Waals surface area contributed by atoms with E-state index in [2.05, 4.69) is 13.8 Å².